The summed E-state index contributed by atoms with van der Waals surface area (Å²) in [6.07, 6.45) is 1.48. The van der Waals surface area contributed by atoms with Gasteiger partial charge in [0, 0.05) is 33.4 Å². The maximum Gasteiger partial charge on any atom is 0.0823 e. The van der Waals surface area contributed by atoms with Crippen molar-refractivity contribution in [3.8, 4) is 0 Å². The molecule has 0 aromatic carbocycles. The Morgan fingerprint density at radius 2 is 2.09 bits per heavy atom. The predicted molar refractivity (Wildman–Crippen MR) is 46.4 cm³/mol. The molecule has 4 heteroatoms. The Balaban J connectivity index is 0.000001000. The van der Waals surface area contributed by atoms with Crippen molar-refractivity contribution in [2.24, 2.45) is 0 Å². The van der Waals surface area contributed by atoms with Crippen LogP contribution in [0, 0.1) is 0 Å². The van der Waals surface area contributed by atoms with E-state index in [4.69, 9.17) is 9.47 Å². The minimum atomic E-state index is 0. The molecule has 0 aliphatic carbocycles. The Kier molecular flexibility index (Phi) is 6.96. The number of halogens is 1. The summed E-state index contributed by atoms with van der Waals surface area (Å²) in [6, 6.07) is 0. The number of ether oxygens (including phenoxy) is 2. The van der Waals surface area contributed by atoms with E-state index in [0.29, 0.717) is 6.10 Å². The zero-order valence-corrected chi connectivity index (χ0v) is 7.65. The summed E-state index contributed by atoms with van der Waals surface area (Å²) >= 11 is 0. The van der Waals surface area contributed by atoms with Crippen LogP contribution in [0.15, 0.2) is 0 Å². The Morgan fingerprint density at radius 1 is 1.36 bits per heavy atom. The average molecular weight is 182 g/mol. The van der Waals surface area contributed by atoms with Crippen LogP contribution in [-0.2, 0) is 9.47 Å². The van der Waals surface area contributed by atoms with E-state index in [1.807, 2.05) is 0 Å². The van der Waals surface area contributed by atoms with E-state index >= 15 is 0 Å². The molecule has 1 rings (SSSR count). The molecule has 1 aliphatic rings. The van der Waals surface area contributed by atoms with Gasteiger partial charge in [0.25, 0.3) is 0 Å². The standard InChI is InChI=1S/C7H15NO2.ClH/c1-9-3-2-4-10-7-5-8-6-7;/h7-8H,2-6H2,1H3;1H. The molecule has 0 spiro atoms. The van der Waals surface area contributed by atoms with E-state index in [2.05, 4.69) is 5.32 Å². The highest BCUT2D eigenvalue weighted by molar-refractivity contribution is 5.85. The quantitative estimate of drug-likeness (QED) is 0.625. The third kappa shape index (κ3) is 4.58. The van der Waals surface area contributed by atoms with Gasteiger partial charge in [0.1, 0.15) is 0 Å². The van der Waals surface area contributed by atoms with Gasteiger partial charge in [-0.25, -0.2) is 0 Å². The fraction of sp³-hybridized carbons (Fsp3) is 1.00. The number of rotatable bonds is 5. The lowest BCUT2D eigenvalue weighted by molar-refractivity contribution is 0.00968. The van der Waals surface area contributed by atoms with E-state index in [-0.39, 0.29) is 12.4 Å². The lowest BCUT2D eigenvalue weighted by atomic mass is 10.2. The van der Waals surface area contributed by atoms with Crippen molar-refractivity contribution in [3.63, 3.8) is 0 Å². The first-order valence-corrected chi connectivity index (χ1v) is 3.74. The molecule has 0 atom stereocenters. The van der Waals surface area contributed by atoms with Gasteiger partial charge in [-0.15, -0.1) is 12.4 Å². The lowest BCUT2D eigenvalue weighted by Crippen LogP contribution is -2.48. The second-order valence-corrected chi connectivity index (χ2v) is 2.50. The molecule has 0 aromatic rings. The number of methoxy groups -OCH3 is 1. The molecule has 1 saturated heterocycles. The van der Waals surface area contributed by atoms with Gasteiger partial charge >= 0.3 is 0 Å². The van der Waals surface area contributed by atoms with Crippen LogP contribution in [-0.4, -0.2) is 39.5 Å². The van der Waals surface area contributed by atoms with Gasteiger partial charge in [-0.2, -0.15) is 0 Å². The molecule has 0 amide bonds. The van der Waals surface area contributed by atoms with Crippen molar-refractivity contribution in [2.75, 3.05) is 33.4 Å². The number of nitrogens with one attached hydrogen (secondary N) is 1. The summed E-state index contributed by atoms with van der Waals surface area (Å²) in [5, 5.41) is 3.15. The van der Waals surface area contributed by atoms with Crippen LogP contribution in [0.5, 0.6) is 0 Å². The largest absolute Gasteiger partial charge is 0.385 e. The van der Waals surface area contributed by atoms with Crippen LogP contribution in [0.4, 0.5) is 0 Å². The summed E-state index contributed by atoms with van der Waals surface area (Å²) in [5.74, 6) is 0. The van der Waals surface area contributed by atoms with Crippen molar-refractivity contribution in [1.82, 2.24) is 5.32 Å². The molecule has 0 bridgehead atoms. The fourth-order valence-corrected chi connectivity index (χ4v) is 0.833. The zero-order valence-electron chi connectivity index (χ0n) is 6.84. The highest BCUT2D eigenvalue weighted by Gasteiger charge is 2.15. The van der Waals surface area contributed by atoms with Gasteiger partial charge in [0.2, 0.25) is 0 Å². The molecule has 0 radical (unpaired) electrons. The molecule has 0 saturated carbocycles. The number of hydrogen-bond donors (Lipinski definition) is 1. The summed E-state index contributed by atoms with van der Waals surface area (Å²) < 4.78 is 10.3. The van der Waals surface area contributed by atoms with E-state index < -0.39 is 0 Å². The fourth-order valence-electron chi connectivity index (χ4n) is 0.833. The third-order valence-electron chi connectivity index (χ3n) is 1.59. The van der Waals surface area contributed by atoms with E-state index in [1.165, 1.54) is 0 Å². The summed E-state index contributed by atoms with van der Waals surface area (Å²) in [4.78, 5) is 0. The molecule has 0 aromatic heterocycles. The highest BCUT2D eigenvalue weighted by Crippen LogP contribution is 1.98. The van der Waals surface area contributed by atoms with E-state index in [1.54, 1.807) is 7.11 Å². The van der Waals surface area contributed by atoms with Crippen LogP contribution in [0.3, 0.4) is 0 Å². The minimum absolute atomic E-state index is 0. The molecule has 0 unspecified atom stereocenters. The maximum absolute atomic E-state index is 5.44. The molecule has 11 heavy (non-hydrogen) atoms. The van der Waals surface area contributed by atoms with Gasteiger partial charge in [0.05, 0.1) is 6.10 Å². The monoisotopic (exact) mass is 181 g/mol. The molecule has 1 fully saturated rings. The molecular weight excluding hydrogens is 166 g/mol. The summed E-state index contributed by atoms with van der Waals surface area (Å²) in [7, 11) is 1.71. The van der Waals surface area contributed by atoms with Crippen LogP contribution in [0.2, 0.25) is 0 Å². The van der Waals surface area contributed by atoms with E-state index in [9.17, 15) is 0 Å². The zero-order chi connectivity index (χ0) is 7.23. The van der Waals surface area contributed by atoms with E-state index in [0.717, 1.165) is 32.7 Å². The first-order chi connectivity index (χ1) is 4.93. The van der Waals surface area contributed by atoms with Crippen molar-refractivity contribution >= 4 is 12.4 Å². The summed E-state index contributed by atoms with van der Waals surface area (Å²) in [5.41, 5.74) is 0. The highest BCUT2D eigenvalue weighted by atomic mass is 35.5. The molecule has 1 heterocycles. The van der Waals surface area contributed by atoms with Crippen molar-refractivity contribution in [1.29, 1.82) is 0 Å². The Bertz CT molecular complexity index is 88.5. The van der Waals surface area contributed by atoms with Gasteiger partial charge < -0.3 is 14.8 Å². The van der Waals surface area contributed by atoms with Crippen LogP contribution >= 0.6 is 12.4 Å². The number of hydrogen-bond acceptors (Lipinski definition) is 3. The first kappa shape index (κ1) is 11.2. The van der Waals surface area contributed by atoms with Gasteiger partial charge in [-0.1, -0.05) is 0 Å². The van der Waals surface area contributed by atoms with Gasteiger partial charge in [-0.3, -0.25) is 0 Å². The normalized spacial score (nSPS) is 17.2. The summed E-state index contributed by atoms with van der Waals surface area (Å²) in [6.45, 7) is 3.68. The maximum atomic E-state index is 5.44. The molecule has 3 nitrogen and oxygen atoms in total. The molecule has 1 N–H and O–H groups in total. The Hall–Kier alpha value is 0.170. The lowest BCUT2D eigenvalue weighted by Gasteiger charge is -2.26. The van der Waals surface area contributed by atoms with Gasteiger partial charge in [-0.05, 0) is 6.42 Å². The van der Waals surface area contributed by atoms with Crippen molar-refractivity contribution in [2.45, 2.75) is 12.5 Å². The Morgan fingerprint density at radius 3 is 2.55 bits per heavy atom. The second kappa shape index (κ2) is 6.85. The first-order valence-electron chi connectivity index (χ1n) is 3.74. The molecule has 1 aliphatic heterocycles. The SMILES string of the molecule is COCCCOC1CNC1.Cl. The van der Waals surface area contributed by atoms with Crippen LogP contribution in [0.1, 0.15) is 6.42 Å². The molecule has 68 valence electrons. The average Bonchev–Trinajstić information content (AvgIpc) is 1.84. The van der Waals surface area contributed by atoms with Gasteiger partial charge in [0.15, 0.2) is 0 Å². The minimum Gasteiger partial charge on any atom is -0.385 e. The van der Waals surface area contributed by atoms with Crippen molar-refractivity contribution < 1.29 is 9.47 Å². The smallest absolute Gasteiger partial charge is 0.0823 e. The Labute approximate surface area is 73.9 Å². The second-order valence-electron chi connectivity index (χ2n) is 2.50. The third-order valence-corrected chi connectivity index (χ3v) is 1.59. The predicted octanol–water partition coefficient (Wildman–Crippen LogP) is 0.433. The van der Waals surface area contributed by atoms with Crippen molar-refractivity contribution in [3.05, 3.63) is 0 Å². The topological polar surface area (TPSA) is 30.5 Å². The molecular formula is C7H16ClNO2. The van der Waals surface area contributed by atoms with Crippen LogP contribution < -0.4 is 5.32 Å². The van der Waals surface area contributed by atoms with Crippen LogP contribution in [0.25, 0.3) is 0 Å².